The molecule has 0 radical (unpaired) electrons. The summed E-state index contributed by atoms with van der Waals surface area (Å²) in [5.74, 6) is 0. The average molecular weight is 238 g/mol. The Bertz CT molecular complexity index is 522. The molecule has 2 rings (SSSR count). The van der Waals surface area contributed by atoms with Crippen molar-refractivity contribution in [1.29, 1.82) is 0 Å². The molecule has 3 heteroatoms. The van der Waals surface area contributed by atoms with Crippen LogP contribution in [0.4, 0.5) is 0 Å². The van der Waals surface area contributed by atoms with Crippen LogP contribution >= 0.6 is 11.6 Å². The fourth-order valence-corrected chi connectivity index (χ4v) is 1.99. The third-order valence-electron chi connectivity index (χ3n) is 2.74. The van der Waals surface area contributed by atoms with Gasteiger partial charge in [0.25, 0.3) is 5.35 Å². The fraction of sp³-hybridized carbons (Fsp3) is 0.462. The predicted octanol–water partition coefficient (Wildman–Crippen LogP) is 4.34. The highest BCUT2D eigenvalue weighted by molar-refractivity contribution is 6.28. The maximum absolute atomic E-state index is 5.82. The molecule has 0 bridgehead atoms. The molecule has 0 aliphatic rings. The first-order valence-electron chi connectivity index (χ1n) is 5.51. The molecule has 0 amide bonds. The zero-order valence-electron chi connectivity index (χ0n) is 10.1. The van der Waals surface area contributed by atoms with Crippen LogP contribution in [0.1, 0.15) is 38.8 Å². The van der Waals surface area contributed by atoms with E-state index >= 15 is 0 Å². The number of nitrogens with zero attached hydrogens (tertiary/aromatic N) is 1. The van der Waals surface area contributed by atoms with Crippen LogP contribution in [0, 0.1) is 0 Å². The van der Waals surface area contributed by atoms with Crippen molar-refractivity contribution in [1.82, 2.24) is 4.98 Å². The van der Waals surface area contributed by atoms with E-state index in [2.05, 4.69) is 38.7 Å². The first-order chi connectivity index (χ1) is 7.41. The van der Waals surface area contributed by atoms with Crippen LogP contribution < -0.4 is 0 Å². The van der Waals surface area contributed by atoms with Crippen LogP contribution in [-0.2, 0) is 11.8 Å². The Morgan fingerprint density at radius 3 is 2.56 bits per heavy atom. The van der Waals surface area contributed by atoms with E-state index in [1.807, 2.05) is 6.07 Å². The van der Waals surface area contributed by atoms with Crippen molar-refractivity contribution in [2.75, 3.05) is 0 Å². The molecule has 16 heavy (non-hydrogen) atoms. The summed E-state index contributed by atoms with van der Waals surface area (Å²) >= 11 is 5.82. The van der Waals surface area contributed by atoms with E-state index in [-0.39, 0.29) is 10.8 Å². The van der Waals surface area contributed by atoms with Crippen molar-refractivity contribution >= 4 is 22.7 Å². The first-order valence-corrected chi connectivity index (χ1v) is 5.89. The molecule has 0 N–H and O–H groups in total. The maximum Gasteiger partial charge on any atom is 0.293 e. The first kappa shape index (κ1) is 11.5. The molecule has 0 aliphatic carbocycles. The number of halogens is 1. The van der Waals surface area contributed by atoms with Gasteiger partial charge in [-0.15, -0.1) is 0 Å². The van der Waals surface area contributed by atoms with E-state index < -0.39 is 0 Å². The van der Waals surface area contributed by atoms with Gasteiger partial charge in [-0.1, -0.05) is 33.8 Å². The van der Waals surface area contributed by atoms with Crippen molar-refractivity contribution in [2.45, 2.75) is 39.5 Å². The summed E-state index contributed by atoms with van der Waals surface area (Å²) in [6, 6.07) is 4.23. The van der Waals surface area contributed by atoms with Gasteiger partial charge in [0.05, 0.1) is 0 Å². The Morgan fingerprint density at radius 1 is 1.31 bits per heavy atom. The minimum atomic E-state index is 0.0340. The average Bonchev–Trinajstić information content (AvgIpc) is 2.54. The van der Waals surface area contributed by atoms with Crippen molar-refractivity contribution in [2.24, 2.45) is 0 Å². The molecular weight excluding hydrogens is 222 g/mol. The highest BCUT2D eigenvalue weighted by atomic mass is 35.5. The second kappa shape index (κ2) is 3.77. The second-order valence-electron chi connectivity index (χ2n) is 5.06. The van der Waals surface area contributed by atoms with Crippen LogP contribution in [0.2, 0.25) is 5.35 Å². The van der Waals surface area contributed by atoms with Crippen molar-refractivity contribution in [3.05, 3.63) is 28.6 Å². The summed E-state index contributed by atoms with van der Waals surface area (Å²) in [5, 5.41) is 0.216. The molecule has 1 heterocycles. The monoisotopic (exact) mass is 237 g/mol. The van der Waals surface area contributed by atoms with Gasteiger partial charge in [0.1, 0.15) is 5.52 Å². The molecule has 86 valence electrons. The quantitative estimate of drug-likeness (QED) is 0.737. The minimum Gasteiger partial charge on any atom is -0.427 e. The molecule has 0 saturated carbocycles. The highest BCUT2D eigenvalue weighted by Gasteiger charge is 2.21. The van der Waals surface area contributed by atoms with E-state index in [1.165, 1.54) is 11.1 Å². The number of oxazole rings is 1. The topological polar surface area (TPSA) is 26.0 Å². The summed E-state index contributed by atoms with van der Waals surface area (Å²) in [6.07, 6.45) is 0.990. The predicted molar refractivity (Wildman–Crippen MR) is 67.1 cm³/mol. The number of benzene rings is 1. The van der Waals surface area contributed by atoms with Gasteiger partial charge in [-0.2, -0.15) is 4.98 Å². The molecule has 0 atom stereocenters. The molecule has 0 unspecified atom stereocenters. The van der Waals surface area contributed by atoms with Crippen LogP contribution in [0.15, 0.2) is 16.5 Å². The summed E-state index contributed by atoms with van der Waals surface area (Å²) in [5.41, 5.74) is 4.14. The fourth-order valence-electron chi connectivity index (χ4n) is 1.83. The van der Waals surface area contributed by atoms with E-state index in [0.29, 0.717) is 0 Å². The number of aromatic nitrogens is 1. The molecular formula is C13H16ClNO. The molecule has 0 saturated heterocycles. The highest BCUT2D eigenvalue weighted by Crippen LogP contribution is 2.32. The van der Waals surface area contributed by atoms with Gasteiger partial charge in [-0.05, 0) is 35.1 Å². The smallest absolute Gasteiger partial charge is 0.293 e. The molecule has 2 aromatic rings. The summed E-state index contributed by atoms with van der Waals surface area (Å²) in [7, 11) is 0. The number of aryl methyl sites for hydroxylation is 1. The van der Waals surface area contributed by atoms with Crippen LogP contribution in [-0.4, -0.2) is 4.98 Å². The van der Waals surface area contributed by atoms with Gasteiger partial charge in [0.15, 0.2) is 5.58 Å². The second-order valence-corrected chi connectivity index (χ2v) is 5.39. The van der Waals surface area contributed by atoms with Gasteiger partial charge >= 0.3 is 0 Å². The number of fused-ring (bicyclic) bond motifs is 1. The minimum absolute atomic E-state index is 0.0340. The molecule has 2 nitrogen and oxygen atoms in total. The largest absolute Gasteiger partial charge is 0.427 e. The maximum atomic E-state index is 5.82. The Hall–Kier alpha value is -1.02. The van der Waals surface area contributed by atoms with Gasteiger partial charge in [0.2, 0.25) is 0 Å². The third kappa shape index (κ3) is 1.94. The van der Waals surface area contributed by atoms with E-state index in [0.717, 1.165) is 17.5 Å². The molecule has 0 aliphatic heterocycles. The normalized spacial score (nSPS) is 12.3. The zero-order chi connectivity index (χ0) is 11.9. The summed E-state index contributed by atoms with van der Waals surface area (Å²) in [4.78, 5) is 4.19. The van der Waals surface area contributed by atoms with Crippen molar-refractivity contribution < 1.29 is 4.42 Å². The SMILES string of the molecule is CCc1cc(C(C)(C)C)c2oc(Cl)nc2c1. The van der Waals surface area contributed by atoms with E-state index in [1.54, 1.807) is 0 Å². The molecule has 1 aromatic carbocycles. The van der Waals surface area contributed by atoms with Gasteiger partial charge < -0.3 is 4.42 Å². The van der Waals surface area contributed by atoms with Gasteiger partial charge in [0, 0.05) is 5.56 Å². The van der Waals surface area contributed by atoms with Gasteiger partial charge in [-0.25, -0.2) is 0 Å². The number of hydrogen-bond donors (Lipinski definition) is 0. The molecule has 0 spiro atoms. The lowest BCUT2D eigenvalue weighted by Crippen LogP contribution is -2.11. The van der Waals surface area contributed by atoms with E-state index in [9.17, 15) is 0 Å². The standard InChI is InChI=1S/C13H16ClNO/c1-5-8-6-9(13(2,3)4)11-10(7-8)15-12(14)16-11/h6-7H,5H2,1-4H3. The Balaban J connectivity index is 2.78. The lowest BCUT2D eigenvalue weighted by molar-refractivity contribution is 0.555. The van der Waals surface area contributed by atoms with Gasteiger partial charge in [-0.3, -0.25) is 0 Å². The Morgan fingerprint density at radius 2 is 2.00 bits per heavy atom. The lowest BCUT2D eigenvalue weighted by atomic mass is 9.85. The summed E-state index contributed by atoms with van der Waals surface area (Å²) in [6.45, 7) is 8.63. The van der Waals surface area contributed by atoms with Crippen molar-refractivity contribution in [3.63, 3.8) is 0 Å². The number of rotatable bonds is 1. The van der Waals surface area contributed by atoms with Crippen LogP contribution in [0.3, 0.4) is 0 Å². The van der Waals surface area contributed by atoms with Crippen LogP contribution in [0.5, 0.6) is 0 Å². The van der Waals surface area contributed by atoms with Crippen molar-refractivity contribution in [3.8, 4) is 0 Å². The lowest BCUT2D eigenvalue weighted by Gasteiger charge is -2.19. The van der Waals surface area contributed by atoms with Crippen LogP contribution in [0.25, 0.3) is 11.1 Å². The molecule has 0 fully saturated rings. The third-order valence-corrected chi connectivity index (χ3v) is 2.90. The Labute approximate surface area is 101 Å². The Kier molecular flexibility index (Phi) is 2.70. The zero-order valence-corrected chi connectivity index (χ0v) is 10.9. The molecule has 1 aromatic heterocycles. The van der Waals surface area contributed by atoms with E-state index in [4.69, 9.17) is 16.0 Å². The summed E-state index contributed by atoms with van der Waals surface area (Å²) < 4.78 is 5.48. The number of hydrogen-bond acceptors (Lipinski definition) is 2.